The fourth-order valence-electron chi connectivity index (χ4n) is 2.15. The maximum absolute atomic E-state index is 11.8. The first-order chi connectivity index (χ1) is 8.37. The summed E-state index contributed by atoms with van der Waals surface area (Å²) in [4.78, 5) is 35.4. The average Bonchev–Trinajstić information content (AvgIpc) is 2.29. The van der Waals surface area contributed by atoms with Crippen LogP contribution >= 0.6 is 0 Å². The molecule has 1 aromatic carbocycles. The average molecular weight is 302 g/mol. The van der Waals surface area contributed by atoms with Crippen LogP contribution in [0.5, 0.6) is 0 Å². The van der Waals surface area contributed by atoms with Crippen molar-refractivity contribution in [1.29, 1.82) is 5.26 Å². The van der Waals surface area contributed by atoms with E-state index in [0.29, 0.717) is 11.1 Å². The number of ketones is 3. The van der Waals surface area contributed by atoms with Gasteiger partial charge >= 0.3 is 0 Å². The smallest absolute Gasteiger partial charge is 0.169 e. The molecule has 0 aromatic heterocycles. The molecule has 0 atom stereocenters. The summed E-state index contributed by atoms with van der Waals surface area (Å²) in [5.41, 5.74) is -1.02. The summed E-state index contributed by atoms with van der Waals surface area (Å²) in [6.07, 6.45) is 0. The molecular formula is C14H13NNiO3. The SMILES string of the molecule is CC(=O)C(C(C)=O)(C(C)=O)c1ccc(C#N)cc1.[Ni]. The molecule has 0 N–H and O–H groups in total. The Labute approximate surface area is 121 Å². The van der Waals surface area contributed by atoms with Gasteiger partial charge in [0.1, 0.15) is 0 Å². The van der Waals surface area contributed by atoms with Gasteiger partial charge in [-0.25, -0.2) is 0 Å². The van der Waals surface area contributed by atoms with Crippen LogP contribution in [0.3, 0.4) is 0 Å². The number of carbonyl (C=O) groups is 3. The normalized spacial score (nSPS) is 10.0. The second kappa shape index (κ2) is 6.40. The van der Waals surface area contributed by atoms with Crippen molar-refractivity contribution in [3.05, 3.63) is 35.4 Å². The van der Waals surface area contributed by atoms with Crippen LogP contribution in [0.15, 0.2) is 24.3 Å². The van der Waals surface area contributed by atoms with Gasteiger partial charge in [0.2, 0.25) is 0 Å². The molecule has 4 nitrogen and oxygen atoms in total. The minimum atomic E-state index is -1.74. The Balaban J connectivity index is 0.00000324. The molecule has 0 amide bonds. The molecular weight excluding hydrogens is 289 g/mol. The molecule has 0 aliphatic rings. The summed E-state index contributed by atoms with van der Waals surface area (Å²) in [6.45, 7) is 3.67. The van der Waals surface area contributed by atoms with Crippen LogP contribution in [0.2, 0.25) is 0 Å². The molecule has 0 unspecified atom stereocenters. The first-order valence-electron chi connectivity index (χ1n) is 5.41. The Hall–Kier alpha value is -1.79. The van der Waals surface area contributed by atoms with Crippen molar-refractivity contribution >= 4 is 17.3 Å². The molecule has 0 saturated heterocycles. The second-order valence-corrected chi connectivity index (χ2v) is 4.11. The minimum absolute atomic E-state index is 0. The Bertz CT molecular complexity index is 519. The van der Waals surface area contributed by atoms with E-state index in [1.165, 1.54) is 45.0 Å². The molecule has 0 heterocycles. The fourth-order valence-corrected chi connectivity index (χ4v) is 2.15. The maximum atomic E-state index is 11.8. The predicted octanol–water partition coefficient (Wildman–Crippen LogP) is 1.56. The number of rotatable bonds is 4. The quantitative estimate of drug-likeness (QED) is 0.625. The van der Waals surface area contributed by atoms with E-state index in [1.54, 1.807) is 0 Å². The minimum Gasteiger partial charge on any atom is -0.298 e. The topological polar surface area (TPSA) is 75.0 Å². The summed E-state index contributed by atoms with van der Waals surface area (Å²) in [7, 11) is 0. The van der Waals surface area contributed by atoms with E-state index < -0.39 is 22.8 Å². The van der Waals surface area contributed by atoms with E-state index in [0.717, 1.165) is 0 Å². The van der Waals surface area contributed by atoms with Crippen molar-refractivity contribution in [1.82, 2.24) is 0 Å². The van der Waals surface area contributed by atoms with E-state index in [2.05, 4.69) is 0 Å². The van der Waals surface area contributed by atoms with E-state index in [9.17, 15) is 14.4 Å². The van der Waals surface area contributed by atoms with E-state index in [4.69, 9.17) is 5.26 Å². The summed E-state index contributed by atoms with van der Waals surface area (Å²) in [5.74, 6) is -1.52. The van der Waals surface area contributed by atoms with Gasteiger partial charge in [-0.05, 0) is 38.5 Å². The van der Waals surface area contributed by atoms with Crippen LogP contribution in [0.25, 0.3) is 0 Å². The number of nitrogens with zero attached hydrogens (tertiary/aromatic N) is 1. The Morgan fingerprint density at radius 1 is 0.947 bits per heavy atom. The van der Waals surface area contributed by atoms with Gasteiger partial charge in [0.25, 0.3) is 0 Å². The Morgan fingerprint density at radius 2 is 1.32 bits per heavy atom. The van der Waals surface area contributed by atoms with Crippen molar-refractivity contribution in [2.24, 2.45) is 0 Å². The van der Waals surface area contributed by atoms with E-state index >= 15 is 0 Å². The molecule has 5 heteroatoms. The van der Waals surface area contributed by atoms with E-state index in [-0.39, 0.29) is 16.5 Å². The number of nitriles is 1. The summed E-state index contributed by atoms with van der Waals surface area (Å²) >= 11 is 0. The number of hydrogen-bond donors (Lipinski definition) is 0. The van der Waals surface area contributed by atoms with E-state index in [1.807, 2.05) is 6.07 Å². The largest absolute Gasteiger partial charge is 0.298 e. The molecule has 0 aliphatic heterocycles. The van der Waals surface area contributed by atoms with Gasteiger partial charge in [0.15, 0.2) is 22.8 Å². The molecule has 0 saturated carbocycles. The zero-order valence-electron chi connectivity index (χ0n) is 10.8. The molecule has 0 spiro atoms. The van der Waals surface area contributed by atoms with Crippen molar-refractivity contribution in [2.75, 3.05) is 0 Å². The first-order valence-corrected chi connectivity index (χ1v) is 5.41. The monoisotopic (exact) mass is 301 g/mol. The summed E-state index contributed by atoms with van der Waals surface area (Å²) in [5, 5.41) is 8.71. The van der Waals surface area contributed by atoms with Crippen molar-refractivity contribution in [3.63, 3.8) is 0 Å². The van der Waals surface area contributed by atoms with Gasteiger partial charge < -0.3 is 0 Å². The molecule has 102 valence electrons. The van der Waals surface area contributed by atoms with Gasteiger partial charge in [-0.3, -0.25) is 14.4 Å². The summed E-state index contributed by atoms with van der Waals surface area (Å²) in [6, 6.07) is 7.86. The Morgan fingerprint density at radius 3 is 1.58 bits per heavy atom. The number of benzene rings is 1. The van der Waals surface area contributed by atoms with Gasteiger partial charge in [0, 0.05) is 16.5 Å². The van der Waals surface area contributed by atoms with Gasteiger partial charge in [0.05, 0.1) is 11.6 Å². The Kier molecular flexibility index (Phi) is 5.80. The second-order valence-electron chi connectivity index (χ2n) is 4.11. The zero-order valence-corrected chi connectivity index (χ0v) is 11.8. The maximum Gasteiger partial charge on any atom is 0.169 e. The first kappa shape index (κ1) is 17.2. The van der Waals surface area contributed by atoms with Crippen LogP contribution in [-0.2, 0) is 36.3 Å². The van der Waals surface area contributed by atoms with Crippen LogP contribution in [0, 0.1) is 11.3 Å². The van der Waals surface area contributed by atoms with Crippen LogP contribution in [0.1, 0.15) is 31.9 Å². The standard InChI is InChI=1S/C14H13NO3.Ni/c1-9(16)14(10(2)17,11(3)18)13-6-4-12(8-15)5-7-13;/h4-7H,1-3H3;. The zero-order chi connectivity index (χ0) is 13.9. The molecule has 0 aliphatic carbocycles. The molecule has 19 heavy (non-hydrogen) atoms. The van der Waals surface area contributed by atoms with Crippen LogP contribution in [-0.4, -0.2) is 17.3 Å². The van der Waals surface area contributed by atoms with Gasteiger partial charge in [-0.1, -0.05) is 12.1 Å². The molecule has 0 radical (unpaired) electrons. The summed E-state index contributed by atoms with van der Waals surface area (Å²) < 4.78 is 0. The van der Waals surface area contributed by atoms with Crippen molar-refractivity contribution in [2.45, 2.75) is 26.2 Å². The van der Waals surface area contributed by atoms with Crippen molar-refractivity contribution in [3.8, 4) is 6.07 Å². The predicted molar refractivity (Wildman–Crippen MR) is 64.9 cm³/mol. The van der Waals surface area contributed by atoms with Crippen LogP contribution < -0.4 is 0 Å². The van der Waals surface area contributed by atoms with Crippen LogP contribution in [0.4, 0.5) is 0 Å². The molecule has 0 fully saturated rings. The number of hydrogen-bond acceptors (Lipinski definition) is 4. The molecule has 1 aromatic rings. The van der Waals surface area contributed by atoms with Crippen molar-refractivity contribution < 1.29 is 30.9 Å². The van der Waals surface area contributed by atoms with Gasteiger partial charge in [-0.2, -0.15) is 5.26 Å². The number of Topliss-reactive ketones (excluding diaryl/α,β-unsaturated/α-hetero) is 3. The fraction of sp³-hybridized carbons (Fsp3) is 0.286. The third-order valence-electron chi connectivity index (χ3n) is 3.03. The third kappa shape index (κ3) is 2.80. The molecule has 1 rings (SSSR count). The molecule has 0 bridgehead atoms. The number of carbonyl (C=O) groups excluding carboxylic acids is 3. The van der Waals surface area contributed by atoms with Gasteiger partial charge in [-0.15, -0.1) is 0 Å². The third-order valence-corrected chi connectivity index (χ3v) is 3.03.